The maximum absolute atomic E-state index is 13.3. The second-order valence-electron chi connectivity index (χ2n) is 3.31. The van der Waals surface area contributed by atoms with E-state index in [1.54, 1.807) is 13.0 Å². The molecule has 0 N–H and O–H groups in total. The minimum absolute atomic E-state index is 0.0245. The van der Waals surface area contributed by atoms with E-state index in [9.17, 15) is 9.18 Å². The predicted octanol–water partition coefficient (Wildman–Crippen LogP) is 3.54. The molecule has 4 heteroatoms. The first-order valence-electron chi connectivity index (χ1n) is 4.71. The maximum atomic E-state index is 13.3. The van der Waals surface area contributed by atoms with E-state index in [1.165, 1.54) is 12.1 Å². The van der Waals surface area contributed by atoms with E-state index in [4.69, 9.17) is 4.74 Å². The van der Waals surface area contributed by atoms with Crippen LogP contribution in [0.25, 0.3) is 0 Å². The number of hydrogen-bond donors (Lipinski definition) is 0. The van der Waals surface area contributed by atoms with E-state index in [1.807, 2.05) is 6.92 Å². The van der Waals surface area contributed by atoms with Crippen molar-refractivity contribution < 1.29 is 13.9 Å². The lowest BCUT2D eigenvalue weighted by Crippen LogP contribution is -2.17. The number of carbonyl (C=O) groups is 1. The summed E-state index contributed by atoms with van der Waals surface area (Å²) in [5.74, 6) is -1.18. The fourth-order valence-electron chi connectivity index (χ4n) is 0.934. The Morgan fingerprint density at radius 3 is 2.80 bits per heavy atom. The molecule has 1 atom stereocenters. The molecule has 1 unspecified atom stereocenters. The third kappa shape index (κ3) is 3.30. The Hall–Kier alpha value is -0.900. The highest BCUT2D eigenvalue weighted by molar-refractivity contribution is 9.10. The molecule has 0 spiro atoms. The zero-order chi connectivity index (χ0) is 11.4. The summed E-state index contributed by atoms with van der Waals surface area (Å²) in [5.41, 5.74) is 0. The smallest absolute Gasteiger partial charge is 0.314 e. The Labute approximate surface area is 96.6 Å². The zero-order valence-corrected chi connectivity index (χ0v) is 10.2. The maximum Gasteiger partial charge on any atom is 0.314 e. The molecule has 0 saturated carbocycles. The summed E-state index contributed by atoms with van der Waals surface area (Å²) >= 11 is 3.12. The Morgan fingerprint density at radius 1 is 1.60 bits per heavy atom. The minimum atomic E-state index is -0.541. The summed E-state index contributed by atoms with van der Waals surface area (Å²) in [6, 6.07) is 4.32. The van der Waals surface area contributed by atoms with E-state index in [0.717, 1.165) is 0 Å². The van der Waals surface area contributed by atoms with Crippen LogP contribution in [-0.2, 0) is 4.79 Å². The van der Waals surface area contributed by atoms with Crippen LogP contribution in [0.4, 0.5) is 4.39 Å². The third-order valence-electron chi connectivity index (χ3n) is 2.12. The fourth-order valence-corrected chi connectivity index (χ4v) is 1.27. The number of benzene rings is 1. The highest BCUT2D eigenvalue weighted by atomic mass is 79.9. The lowest BCUT2D eigenvalue weighted by molar-refractivity contribution is -0.138. The van der Waals surface area contributed by atoms with E-state index >= 15 is 0 Å². The van der Waals surface area contributed by atoms with E-state index < -0.39 is 11.8 Å². The summed E-state index contributed by atoms with van der Waals surface area (Å²) in [7, 11) is 0. The molecule has 0 saturated heterocycles. The first kappa shape index (κ1) is 12.2. The first-order chi connectivity index (χ1) is 7.04. The third-order valence-corrected chi connectivity index (χ3v) is 2.61. The molecule has 15 heavy (non-hydrogen) atoms. The molecule has 0 heterocycles. The van der Waals surface area contributed by atoms with Gasteiger partial charge in [0, 0.05) is 4.47 Å². The molecule has 0 amide bonds. The van der Waals surface area contributed by atoms with Crippen LogP contribution < -0.4 is 4.74 Å². The van der Waals surface area contributed by atoms with Crippen LogP contribution in [0.2, 0.25) is 0 Å². The Balaban J connectivity index is 2.77. The number of halogens is 2. The second-order valence-corrected chi connectivity index (χ2v) is 4.22. The summed E-state index contributed by atoms with van der Waals surface area (Å²) in [5, 5.41) is 0. The number of esters is 1. The molecule has 0 radical (unpaired) electrons. The summed E-state index contributed by atoms with van der Waals surface area (Å²) < 4.78 is 18.8. The van der Waals surface area contributed by atoms with Crippen molar-refractivity contribution in [2.75, 3.05) is 0 Å². The van der Waals surface area contributed by atoms with Crippen LogP contribution in [0.5, 0.6) is 5.75 Å². The van der Waals surface area contributed by atoms with Gasteiger partial charge in [0.1, 0.15) is 0 Å². The molecule has 0 aliphatic carbocycles. The average molecular weight is 275 g/mol. The molecule has 0 bridgehead atoms. The fraction of sp³-hybridized carbons (Fsp3) is 0.364. The van der Waals surface area contributed by atoms with Crippen LogP contribution in [0.1, 0.15) is 20.3 Å². The molecule has 82 valence electrons. The Bertz CT molecular complexity index is 366. The van der Waals surface area contributed by atoms with Gasteiger partial charge in [-0.3, -0.25) is 4.79 Å². The lowest BCUT2D eigenvalue weighted by Gasteiger charge is -2.09. The molecule has 0 aromatic heterocycles. The van der Waals surface area contributed by atoms with Crippen LogP contribution >= 0.6 is 15.9 Å². The lowest BCUT2D eigenvalue weighted by atomic mass is 10.1. The second kappa shape index (κ2) is 5.26. The van der Waals surface area contributed by atoms with Gasteiger partial charge in [0.05, 0.1) is 5.92 Å². The molecule has 0 aliphatic heterocycles. The molecular formula is C11H12BrFO2. The van der Waals surface area contributed by atoms with Gasteiger partial charge in [0.15, 0.2) is 11.6 Å². The van der Waals surface area contributed by atoms with Crippen molar-refractivity contribution >= 4 is 21.9 Å². The molecule has 1 rings (SSSR count). The van der Waals surface area contributed by atoms with Gasteiger partial charge in [-0.05, 0) is 24.6 Å². The van der Waals surface area contributed by atoms with Gasteiger partial charge in [-0.2, -0.15) is 0 Å². The van der Waals surface area contributed by atoms with E-state index in [2.05, 4.69) is 15.9 Å². The SMILES string of the molecule is CCC(C)C(=O)Oc1ccc(Br)cc1F. The van der Waals surface area contributed by atoms with Crippen LogP contribution in [-0.4, -0.2) is 5.97 Å². The van der Waals surface area contributed by atoms with Gasteiger partial charge >= 0.3 is 5.97 Å². The number of hydrogen-bond acceptors (Lipinski definition) is 2. The van der Waals surface area contributed by atoms with Crippen molar-refractivity contribution in [1.29, 1.82) is 0 Å². The zero-order valence-electron chi connectivity index (χ0n) is 8.59. The normalized spacial score (nSPS) is 12.3. The monoisotopic (exact) mass is 274 g/mol. The molecule has 0 aliphatic rings. The summed E-state index contributed by atoms with van der Waals surface area (Å²) in [6.07, 6.45) is 0.678. The summed E-state index contributed by atoms with van der Waals surface area (Å²) in [4.78, 5) is 11.4. The van der Waals surface area contributed by atoms with Gasteiger partial charge in [0.2, 0.25) is 0 Å². The van der Waals surface area contributed by atoms with Crippen molar-refractivity contribution in [2.45, 2.75) is 20.3 Å². The Kier molecular flexibility index (Phi) is 4.27. The van der Waals surface area contributed by atoms with Crippen LogP contribution in [0, 0.1) is 11.7 Å². The van der Waals surface area contributed by atoms with E-state index in [-0.39, 0.29) is 11.7 Å². The number of ether oxygens (including phenoxy) is 1. The first-order valence-corrected chi connectivity index (χ1v) is 5.50. The molecular weight excluding hydrogens is 263 g/mol. The van der Waals surface area contributed by atoms with Gasteiger partial charge in [0.25, 0.3) is 0 Å². The number of rotatable bonds is 3. The van der Waals surface area contributed by atoms with E-state index in [0.29, 0.717) is 10.9 Å². The van der Waals surface area contributed by atoms with Crippen molar-refractivity contribution in [3.05, 3.63) is 28.5 Å². The van der Waals surface area contributed by atoms with Gasteiger partial charge < -0.3 is 4.74 Å². The van der Waals surface area contributed by atoms with Gasteiger partial charge in [-0.15, -0.1) is 0 Å². The van der Waals surface area contributed by atoms with Crippen LogP contribution in [0.3, 0.4) is 0 Å². The van der Waals surface area contributed by atoms with Gasteiger partial charge in [-0.25, -0.2) is 4.39 Å². The van der Waals surface area contributed by atoms with Crippen molar-refractivity contribution in [2.24, 2.45) is 5.92 Å². The Morgan fingerprint density at radius 2 is 2.27 bits per heavy atom. The topological polar surface area (TPSA) is 26.3 Å². The van der Waals surface area contributed by atoms with Crippen LogP contribution in [0.15, 0.2) is 22.7 Å². The highest BCUT2D eigenvalue weighted by Crippen LogP contribution is 2.22. The highest BCUT2D eigenvalue weighted by Gasteiger charge is 2.15. The molecule has 0 fully saturated rings. The minimum Gasteiger partial charge on any atom is -0.423 e. The summed E-state index contributed by atoms with van der Waals surface area (Å²) in [6.45, 7) is 3.63. The quantitative estimate of drug-likeness (QED) is 0.623. The predicted molar refractivity (Wildman–Crippen MR) is 59.2 cm³/mol. The molecule has 1 aromatic rings. The van der Waals surface area contributed by atoms with Crippen molar-refractivity contribution in [1.82, 2.24) is 0 Å². The molecule has 1 aromatic carbocycles. The molecule has 2 nitrogen and oxygen atoms in total. The largest absolute Gasteiger partial charge is 0.423 e. The number of carbonyl (C=O) groups excluding carboxylic acids is 1. The average Bonchev–Trinajstić information content (AvgIpc) is 2.20. The standard InChI is InChI=1S/C11H12BrFO2/c1-3-7(2)11(14)15-10-5-4-8(12)6-9(10)13/h4-7H,3H2,1-2H3. The van der Waals surface area contributed by atoms with Crippen molar-refractivity contribution in [3.8, 4) is 5.75 Å². The van der Waals surface area contributed by atoms with Gasteiger partial charge in [-0.1, -0.05) is 29.8 Å². The van der Waals surface area contributed by atoms with Crippen molar-refractivity contribution in [3.63, 3.8) is 0 Å².